The monoisotopic (exact) mass is 603 g/mol. The number of hydrogen-bond acceptors (Lipinski definition) is 6. The largest absolute Gasteiger partial charge is 0.492 e. The zero-order valence-electron chi connectivity index (χ0n) is 25.6. The molecule has 5 rings (SSSR count). The lowest BCUT2D eigenvalue weighted by Crippen LogP contribution is -2.48. The summed E-state index contributed by atoms with van der Waals surface area (Å²) in [5.74, 6) is 0.777. The average molecular weight is 604 g/mol. The van der Waals surface area contributed by atoms with E-state index in [-0.39, 0.29) is 23.5 Å². The van der Waals surface area contributed by atoms with Crippen molar-refractivity contribution in [2.24, 2.45) is 5.41 Å². The van der Waals surface area contributed by atoms with Crippen LogP contribution in [0, 0.1) is 19.3 Å². The first-order valence-corrected chi connectivity index (χ1v) is 17.3. The van der Waals surface area contributed by atoms with E-state index in [9.17, 15) is 13.2 Å². The van der Waals surface area contributed by atoms with Gasteiger partial charge in [-0.3, -0.25) is 14.7 Å². The van der Waals surface area contributed by atoms with Gasteiger partial charge in [-0.15, -0.1) is 0 Å². The van der Waals surface area contributed by atoms with Gasteiger partial charge in [0.1, 0.15) is 12.4 Å². The maximum absolute atomic E-state index is 13.2. The fourth-order valence-corrected chi connectivity index (χ4v) is 7.82. The van der Waals surface area contributed by atoms with Crippen molar-refractivity contribution in [1.82, 2.24) is 14.8 Å². The molecule has 1 aromatic heterocycles. The maximum atomic E-state index is 13.2. The normalized spacial score (nSPS) is 18.2. The van der Waals surface area contributed by atoms with E-state index < -0.39 is 9.84 Å². The minimum atomic E-state index is -3.51. The van der Waals surface area contributed by atoms with Crippen LogP contribution in [0.25, 0.3) is 0 Å². The first-order chi connectivity index (χ1) is 20.7. The van der Waals surface area contributed by atoms with Crippen LogP contribution in [0.4, 0.5) is 0 Å². The Morgan fingerprint density at radius 1 is 0.930 bits per heavy atom. The molecule has 0 unspecified atom stereocenters. The number of para-hydroxylation sites is 1. The van der Waals surface area contributed by atoms with E-state index in [1.165, 1.54) is 11.1 Å². The number of aromatic nitrogens is 1. The number of likely N-dealkylation sites (tertiary alicyclic amines) is 1. The summed E-state index contributed by atoms with van der Waals surface area (Å²) in [7, 11) is -3.51. The van der Waals surface area contributed by atoms with Crippen LogP contribution in [0.5, 0.6) is 5.75 Å². The number of carbonyl (C=O) groups excluding carboxylic acids is 1. The molecule has 1 fully saturated rings. The van der Waals surface area contributed by atoms with Crippen molar-refractivity contribution in [3.63, 3.8) is 0 Å². The van der Waals surface area contributed by atoms with Crippen molar-refractivity contribution in [3.8, 4) is 5.75 Å². The molecule has 8 heteroatoms. The van der Waals surface area contributed by atoms with Gasteiger partial charge in [-0.1, -0.05) is 30.7 Å². The topological polar surface area (TPSA) is 79.8 Å². The molecule has 0 saturated carbocycles. The van der Waals surface area contributed by atoms with Gasteiger partial charge < -0.3 is 9.64 Å². The summed E-state index contributed by atoms with van der Waals surface area (Å²) in [6.45, 7) is 8.43. The summed E-state index contributed by atoms with van der Waals surface area (Å²) in [6.07, 6.45) is 9.91. The van der Waals surface area contributed by atoms with Gasteiger partial charge in [-0.05, 0) is 104 Å². The van der Waals surface area contributed by atoms with Crippen LogP contribution >= 0.6 is 0 Å². The third-order valence-corrected chi connectivity index (χ3v) is 11.1. The van der Waals surface area contributed by atoms with E-state index in [1.54, 1.807) is 12.1 Å². The highest BCUT2D eigenvalue weighted by molar-refractivity contribution is 7.91. The van der Waals surface area contributed by atoms with E-state index in [4.69, 9.17) is 4.74 Å². The summed E-state index contributed by atoms with van der Waals surface area (Å²) in [5, 5.41) is 0. The van der Waals surface area contributed by atoms with Crippen molar-refractivity contribution in [2.45, 2.75) is 70.2 Å². The number of pyridine rings is 1. The van der Waals surface area contributed by atoms with Gasteiger partial charge in [0.05, 0.1) is 10.6 Å². The smallest absolute Gasteiger partial charge is 0.223 e. The lowest BCUT2D eigenvalue weighted by Gasteiger charge is -2.45. The Labute approximate surface area is 257 Å². The maximum Gasteiger partial charge on any atom is 0.223 e. The number of hydrogen-bond donors (Lipinski definition) is 0. The van der Waals surface area contributed by atoms with Gasteiger partial charge in [0, 0.05) is 51.5 Å². The molecule has 43 heavy (non-hydrogen) atoms. The van der Waals surface area contributed by atoms with Crippen molar-refractivity contribution in [3.05, 3.63) is 89.2 Å². The molecule has 3 heterocycles. The molecule has 2 aliphatic rings. The Morgan fingerprint density at radius 3 is 2.47 bits per heavy atom. The van der Waals surface area contributed by atoms with Crippen molar-refractivity contribution < 1.29 is 17.9 Å². The number of carbonyl (C=O) groups is 1. The first-order valence-electron chi connectivity index (χ1n) is 15.6. The zero-order valence-corrected chi connectivity index (χ0v) is 26.4. The van der Waals surface area contributed by atoms with Crippen LogP contribution < -0.4 is 4.74 Å². The van der Waals surface area contributed by atoms with Crippen molar-refractivity contribution >= 4 is 15.7 Å². The zero-order chi connectivity index (χ0) is 30.3. The SMILES string of the molecule is Cc1ccc(S(=O)(=O)CCC(=O)N2CCC3(CCCCc4ccccc4OCCN(Cc4ccncc4)C3)CC2)cc1C. The van der Waals surface area contributed by atoms with Crippen LogP contribution in [0.15, 0.2) is 71.9 Å². The Balaban J connectivity index is 1.24. The van der Waals surface area contributed by atoms with Crippen LogP contribution in [-0.2, 0) is 27.6 Å². The lowest BCUT2D eigenvalue weighted by molar-refractivity contribution is -0.133. The predicted octanol–water partition coefficient (Wildman–Crippen LogP) is 5.78. The van der Waals surface area contributed by atoms with Crippen molar-refractivity contribution in [2.75, 3.05) is 38.5 Å². The van der Waals surface area contributed by atoms with Gasteiger partial charge in [-0.2, -0.15) is 0 Å². The molecule has 0 aliphatic carbocycles. The fourth-order valence-electron chi connectivity index (χ4n) is 6.51. The molecule has 0 atom stereocenters. The lowest BCUT2D eigenvalue weighted by atomic mass is 9.73. The minimum absolute atomic E-state index is 0.0210. The number of ether oxygens (including phenoxy) is 1. The number of benzene rings is 2. The van der Waals surface area contributed by atoms with Crippen LogP contribution in [0.1, 0.15) is 60.8 Å². The molecular formula is C35H45N3O4S. The number of sulfone groups is 1. The molecule has 2 aliphatic heterocycles. The van der Waals surface area contributed by atoms with Crippen LogP contribution in [0.2, 0.25) is 0 Å². The van der Waals surface area contributed by atoms with Crippen molar-refractivity contribution in [1.29, 1.82) is 0 Å². The summed E-state index contributed by atoms with van der Waals surface area (Å²) >= 11 is 0. The highest BCUT2D eigenvalue weighted by Crippen LogP contribution is 2.39. The molecule has 1 amide bonds. The van der Waals surface area contributed by atoms with E-state index in [1.807, 2.05) is 43.3 Å². The van der Waals surface area contributed by atoms with Gasteiger partial charge >= 0.3 is 0 Å². The van der Waals surface area contributed by atoms with Gasteiger partial charge in [0.15, 0.2) is 9.84 Å². The van der Waals surface area contributed by atoms with E-state index in [0.717, 1.165) is 75.0 Å². The first kappa shape index (κ1) is 31.2. The summed E-state index contributed by atoms with van der Waals surface area (Å²) in [4.78, 5) is 22.1. The molecule has 2 aromatic carbocycles. The van der Waals surface area contributed by atoms with Gasteiger partial charge in [-0.25, -0.2) is 8.42 Å². The second kappa shape index (κ2) is 14.0. The van der Waals surface area contributed by atoms with Gasteiger partial charge in [0.25, 0.3) is 0 Å². The second-order valence-corrected chi connectivity index (χ2v) is 14.5. The summed E-state index contributed by atoms with van der Waals surface area (Å²) in [6, 6.07) is 17.7. The number of nitrogens with zero attached hydrogens (tertiary/aromatic N) is 3. The Kier molecular flexibility index (Phi) is 10.2. The quantitative estimate of drug-likeness (QED) is 0.356. The average Bonchev–Trinajstić information content (AvgIpc) is 3.00. The molecule has 230 valence electrons. The molecule has 1 spiro atoms. The third kappa shape index (κ3) is 8.24. The third-order valence-electron chi connectivity index (χ3n) is 9.35. The number of fused-ring (bicyclic) bond motifs is 1. The Hall–Kier alpha value is -3.23. The molecule has 0 radical (unpaired) electrons. The standard InChI is InChI=1S/C35H45N3O4S/c1-28-10-11-32(25-29(28)2)43(40,41)24-14-34(39)38-20-16-35(17-21-38)15-6-5-8-31-7-3-4-9-33(31)42-23-22-37(27-35)26-30-12-18-36-19-13-30/h3-4,7,9-13,18-19,25H,5-6,8,14-17,20-24,26-27H2,1-2H3. The minimum Gasteiger partial charge on any atom is -0.492 e. The highest BCUT2D eigenvalue weighted by atomic mass is 32.2. The van der Waals surface area contributed by atoms with Gasteiger partial charge in [0.2, 0.25) is 5.91 Å². The Morgan fingerprint density at radius 2 is 1.70 bits per heavy atom. The number of rotatable bonds is 6. The van der Waals surface area contributed by atoms with E-state index in [0.29, 0.717) is 24.6 Å². The number of amides is 1. The number of aryl methyl sites for hydroxylation is 3. The molecular weight excluding hydrogens is 558 g/mol. The summed E-state index contributed by atoms with van der Waals surface area (Å²) in [5.41, 5.74) is 4.61. The second-order valence-electron chi connectivity index (χ2n) is 12.4. The van der Waals surface area contributed by atoms with E-state index >= 15 is 0 Å². The number of piperidine rings is 1. The fraction of sp³-hybridized carbons (Fsp3) is 0.486. The molecule has 0 N–H and O–H groups in total. The summed E-state index contributed by atoms with van der Waals surface area (Å²) < 4.78 is 32.3. The van der Waals surface area contributed by atoms with Crippen LogP contribution in [0.3, 0.4) is 0 Å². The molecule has 1 saturated heterocycles. The Bertz CT molecular complexity index is 1480. The van der Waals surface area contributed by atoms with Crippen LogP contribution in [-0.4, -0.2) is 67.6 Å². The molecule has 7 nitrogen and oxygen atoms in total. The predicted molar refractivity (Wildman–Crippen MR) is 170 cm³/mol. The molecule has 3 aromatic rings. The van der Waals surface area contributed by atoms with E-state index in [2.05, 4.69) is 40.2 Å². The highest BCUT2D eigenvalue weighted by Gasteiger charge is 2.37. The molecule has 0 bridgehead atoms.